The lowest BCUT2D eigenvalue weighted by Crippen LogP contribution is -2.10. The Hall–Kier alpha value is -7.10. The van der Waals surface area contributed by atoms with Crippen LogP contribution < -0.4 is 4.90 Å². The molecule has 0 radical (unpaired) electrons. The van der Waals surface area contributed by atoms with Crippen LogP contribution in [0, 0.1) is 0 Å². The molecular formula is C50H32N2O. The topological polar surface area (TPSA) is 21.3 Å². The summed E-state index contributed by atoms with van der Waals surface area (Å²) in [7, 11) is 0. The summed E-state index contributed by atoms with van der Waals surface area (Å²) in [5.41, 5.74) is 10.7. The molecule has 2 aromatic heterocycles. The smallest absolute Gasteiger partial charge is 0.160 e. The first-order chi connectivity index (χ1) is 26.3. The maximum absolute atomic E-state index is 7.10. The molecule has 0 amide bonds. The maximum Gasteiger partial charge on any atom is 0.160 e. The predicted molar refractivity (Wildman–Crippen MR) is 223 cm³/mol. The third-order valence-corrected chi connectivity index (χ3v) is 10.7. The molecule has 0 atom stereocenters. The molecule has 9 aromatic carbocycles. The molecule has 0 spiro atoms. The number of furan rings is 1. The summed E-state index contributed by atoms with van der Waals surface area (Å²) in [4.78, 5) is 2.34. The third kappa shape index (κ3) is 4.54. The Balaban J connectivity index is 1.26. The number of hydrogen-bond donors (Lipinski definition) is 0. The number of nitrogens with zero attached hydrogens (tertiary/aromatic N) is 2. The van der Waals surface area contributed by atoms with Crippen LogP contribution in [0.5, 0.6) is 0 Å². The fourth-order valence-corrected chi connectivity index (χ4v) is 8.44. The number of aromatic nitrogens is 1. The maximum atomic E-state index is 7.10. The van der Waals surface area contributed by atoms with Gasteiger partial charge in [0.2, 0.25) is 0 Å². The highest BCUT2D eigenvalue weighted by molar-refractivity contribution is 6.27. The van der Waals surface area contributed by atoms with Crippen LogP contribution in [-0.2, 0) is 0 Å². The highest BCUT2D eigenvalue weighted by atomic mass is 16.3. The molecule has 2 heterocycles. The van der Waals surface area contributed by atoms with E-state index in [1.807, 2.05) is 0 Å². The fourth-order valence-electron chi connectivity index (χ4n) is 8.44. The van der Waals surface area contributed by atoms with E-state index in [4.69, 9.17) is 4.42 Å². The first kappa shape index (κ1) is 29.6. The molecule has 11 rings (SSSR count). The SMILES string of the molecule is c1ccc(N(c2ccc3ccccc3c2)c2cc3ccccc3c3c2oc2cccc(-c4cccc5c6ccccc6n(-c6ccccc6)c45)c23)cc1. The van der Waals surface area contributed by atoms with Gasteiger partial charge >= 0.3 is 0 Å². The number of para-hydroxylation sites is 4. The first-order valence-corrected chi connectivity index (χ1v) is 18.1. The highest BCUT2D eigenvalue weighted by Crippen LogP contribution is 2.49. The lowest BCUT2D eigenvalue weighted by molar-refractivity contribution is 0.669. The van der Waals surface area contributed by atoms with E-state index in [1.54, 1.807) is 0 Å². The number of fused-ring (bicyclic) bond motifs is 9. The second-order valence-electron chi connectivity index (χ2n) is 13.7. The summed E-state index contributed by atoms with van der Waals surface area (Å²) >= 11 is 0. The van der Waals surface area contributed by atoms with Gasteiger partial charge in [-0.15, -0.1) is 0 Å². The van der Waals surface area contributed by atoms with E-state index >= 15 is 0 Å². The number of anilines is 3. The monoisotopic (exact) mass is 676 g/mol. The standard InChI is InChI=1S/C50H32N2O/c1-3-18-36(19-4-1)51(38-30-29-33-15-7-8-16-34(33)31-38)45-32-35-17-9-10-22-39(35)48-47-41(24-14-28-46(47)53-50(45)48)43-26-13-25-42-40-23-11-12-27-44(40)52(49(42)43)37-20-5-2-6-21-37/h1-32H. The molecule has 0 aliphatic rings. The molecule has 53 heavy (non-hydrogen) atoms. The Labute approximate surface area is 306 Å². The van der Waals surface area contributed by atoms with Crippen LogP contribution in [0.25, 0.3) is 82.1 Å². The van der Waals surface area contributed by atoms with E-state index in [9.17, 15) is 0 Å². The minimum absolute atomic E-state index is 0.860. The van der Waals surface area contributed by atoms with Gasteiger partial charge in [0.15, 0.2) is 5.58 Å². The Morgan fingerprint density at radius 3 is 1.92 bits per heavy atom. The average molecular weight is 677 g/mol. The van der Waals surface area contributed by atoms with E-state index in [0.717, 1.165) is 55.6 Å². The van der Waals surface area contributed by atoms with Crippen LogP contribution in [0.2, 0.25) is 0 Å². The van der Waals surface area contributed by atoms with Gasteiger partial charge in [-0.05, 0) is 81.7 Å². The summed E-state index contributed by atoms with van der Waals surface area (Å²) < 4.78 is 9.52. The van der Waals surface area contributed by atoms with Crippen molar-refractivity contribution >= 4 is 82.4 Å². The van der Waals surface area contributed by atoms with Crippen molar-refractivity contribution in [1.29, 1.82) is 0 Å². The van der Waals surface area contributed by atoms with Crippen molar-refractivity contribution < 1.29 is 4.42 Å². The molecule has 0 fully saturated rings. The van der Waals surface area contributed by atoms with Crippen molar-refractivity contribution in [3.05, 3.63) is 194 Å². The van der Waals surface area contributed by atoms with Crippen LogP contribution in [0.15, 0.2) is 199 Å². The van der Waals surface area contributed by atoms with Gasteiger partial charge in [-0.2, -0.15) is 0 Å². The minimum atomic E-state index is 0.860. The molecule has 3 heteroatoms. The molecule has 0 saturated carbocycles. The molecule has 248 valence electrons. The summed E-state index contributed by atoms with van der Waals surface area (Å²) in [6.45, 7) is 0. The number of benzene rings is 9. The predicted octanol–water partition coefficient (Wildman–Crippen LogP) is 14.1. The van der Waals surface area contributed by atoms with Crippen LogP contribution in [-0.4, -0.2) is 4.57 Å². The van der Waals surface area contributed by atoms with Gasteiger partial charge < -0.3 is 13.9 Å². The Bertz CT molecular complexity index is 3170. The van der Waals surface area contributed by atoms with Gasteiger partial charge in [-0.3, -0.25) is 0 Å². The second kappa shape index (κ2) is 11.7. The zero-order valence-electron chi connectivity index (χ0n) is 28.8. The Morgan fingerprint density at radius 2 is 1.08 bits per heavy atom. The van der Waals surface area contributed by atoms with Crippen molar-refractivity contribution in [2.75, 3.05) is 4.90 Å². The van der Waals surface area contributed by atoms with E-state index in [-0.39, 0.29) is 0 Å². The van der Waals surface area contributed by atoms with Gasteiger partial charge in [0.05, 0.1) is 16.7 Å². The molecule has 0 aliphatic carbocycles. The van der Waals surface area contributed by atoms with Crippen LogP contribution >= 0.6 is 0 Å². The van der Waals surface area contributed by atoms with Crippen molar-refractivity contribution in [2.45, 2.75) is 0 Å². The summed E-state index contributed by atoms with van der Waals surface area (Å²) in [5.74, 6) is 0. The van der Waals surface area contributed by atoms with Gasteiger partial charge in [0.25, 0.3) is 0 Å². The second-order valence-corrected chi connectivity index (χ2v) is 13.7. The Kier molecular flexibility index (Phi) is 6.55. The van der Waals surface area contributed by atoms with Gasteiger partial charge in [-0.25, -0.2) is 0 Å². The first-order valence-electron chi connectivity index (χ1n) is 18.1. The van der Waals surface area contributed by atoms with Crippen LogP contribution in [0.1, 0.15) is 0 Å². The van der Waals surface area contributed by atoms with E-state index in [0.29, 0.717) is 0 Å². The Morgan fingerprint density at radius 1 is 0.415 bits per heavy atom. The molecule has 3 nitrogen and oxygen atoms in total. The molecule has 0 bridgehead atoms. The number of hydrogen-bond acceptors (Lipinski definition) is 2. The van der Waals surface area contributed by atoms with Crippen molar-refractivity contribution in [3.63, 3.8) is 0 Å². The summed E-state index contributed by atoms with van der Waals surface area (Å²) in [5, 5.41) is 9.42. The summed E-state index contributed by atoms with van der Waals surface area (Å²) in [6.07, 6.45) is 0. The summed E-state index contributed by atoms with van der Waals surface area (Å²) in [6, 6.07) is 69.5. The molecule has 0 aliphatic heterocycles. The molecule has 0 saturated heterocycles. The zero-order valence-corrected chi connectivity index (χ0v) is 28.8. The fraction of sp³-hybridized carbons (Fsp3) is 0. The molecule has 0 unspecified atom stereocenters. The van der Waals surface area contributed by atoms with Crippen LogP contribution in [0.3, 0.4) is 0 Å². The van der Waals surface area contributed by atoms with E-state index in [1.165, 1.54) is 43.5 Å². The minimum Gasteiger partial charge on any atom is -0.454 e. The van der Waals surface area contributed by atoms with E-state index < -0.39 is 0 Å². The van der Waals surface area contributed by atoms with Crippen molar-refractivity contribution in [3.8, 4) is 16.8 Å². The van der Waals surface area contributed by atoms with Gasteiger partial charge in [0, 0.05) is 44.2 Å². The molecule has 0 N–H and O–H groups in total. The van der Waals surface area contributed by atoms with Gasteiger partial charge in [-0.1, -0.05) is 140 Å². The quantitative estimate of drug-likeness (QED) is 0.181. The lowest BCUT2D eigenvalue weighted by atomic mass is 9.94. The zero-order chi connectivity index (χ0) is 34.9. The largest absolute Gasteiger partial charge is 0.454 e. The van der Waals surface area contributed by atoms with E-state index in [2.05, 4.69) is 204 Å². The average Bonchev–Trinajstić information content (AvgIpc) is 3.79. The highest BCUT2D eigenvalue weighted by Gasteiger charge is 2.25. The normalized spacial score (nSPS) is 11.8. The lowest BCUT2D eigenvalue weighted by Gasteiger charge is -2.26. The van der Waals surface area contributed by atoms with Crippen molar-refractivity contribution in [2.24, 2.45) is 0 Å². The molecule has 11 aromatic rings. The molecular weight excluding hydrogens is 645 g/mol. The number of rotatable bonds is 5. The van der Waals surface area contributed by atoms with Crippen LogP contribution in [0.4, 0.5) is 17.1 Å². The van der Waals surface area contributed by atoms with Crippen molar-refractivity contribution in [1.82, 2.24) is 4.57 Å². The third-order valence-electron chi connectivity index (χ3n) is 10.7. The van der Waals surface area contributed by atoms with Gasteiger partial charge in [0.1, 0.15) is 5.58 Å².